The molecule has 0 unspecified atom stereocenters. The Morgan fingerprint density at radius 3 is 2.03 bits per heavy atom. The van der Waals surface area contributed by atoms with Gasteiger partial charge in [-0.1, -0.05) is 38.5 Å². The maximum atomic E-state index is 10.8. The van der Waals surface area contributed by atoms with Gasteiger partial charge in [0.25, 0.3) is 5.69 Å². The van der Waals surface area contributed by atoms with Gasteiger partial charge in [-0.3, -0.25) is 15.0 Å². The van der Waals surface area contributed by atoms with Gasteiger partial charge in [-0.2, -0.15) is 10.2 Å². The number of nitrogens with zero attached hydrogens (tertiary/aromatic N) is 4. The molecule has 0 amide bonds. The van der Waals surface area contributed by atoms with Crippen LogP contribution >= 0.6 is 0 Å². The van der Waals surface area contributed by atoms with Crippen molar-refractivity contribution in [3.05, 3.63) is 58.1 Å². The third-order valence-electron chi connectivity index (χ3n) is 5.97. The van der Waals surface area contributed by atoms with Crippen LogP contribution in [0.4, 0.5) is 17.1 Å². The molecule has 0 aliphatic heterocycles. The van der Waals surface area contributed by atoms with Crippen LogP contribution in [0.3, 0.4) is 0 Å². The van der Waals surface area contributed by atoms with Crippen LogP contribution in [0.5, 0.6) is 5.75 Å². The maximum Gasteiger partial charge on any atom is 0.269 e. The number of benzene rings is 2. The molecule has 0 atom stereocenters. The molecule has 0 radical (unpaired) electrons. The zero-order chi connectivity index (χ0) is 26.0. The number of azo groups is 1. The van der Waals surface area contributed by atoms with E-state index in [1.165, 1.54) is 44.2 Å². The highest BCUT2D eigenvalue weighted by Crippen LogP contribution is 2.26. The summed E-state index contributed by atoms with van der Waals surface area (Å²) in [6, 6.07) is 11.9. The van der Waals surface area contributed by atoms with Crippen LogP contribution in [0.1, 0.15) is 56.9 Å². The Balaban J connectivity index is 1.54. The van der Waals surface area contributed by atoms with Crippen molar-refractivity contribution in [2.45, 2.75) is 58.3 Å². The van der Waals surface area contributed by atoms with E-state index in [0.717, 1.165) is 31.6 Å². The standard InChI is InChI=1S/C27H40N4O5/c1-23-22-25(31(34)35)12-15-27(23)29-28-24-10-13-26(14-11-24)36-21-9-7-5-3-2-4-6-8-16-30(17-19-32)18-20-33/h10-15,22,32-33H,2-9,16-21H2,1H3. The van der Waals surface area contributed by atoms with E-state index in [2.05, 4.69) is 15.1 Å². The number of hydrogen-bond donors (Lipinski definition) is 2. The van der Waals surface area contributed by atoms with E-state index >= 15 is 0 Å². The van der Waals surface area contributed by atoms with Crippen molar-refractivity contribution in [1.82, 2.24) is 4.90 Å². The first kappa shape index (κ1) is 29.4. The van der Waals surface area contributed by atoms with Gasteiger partial charge in [-0.15, -0.1) is 0 Å². The van der Waals surface area contributed by atoms with E-state index in [-0.39, 0.29) is 18.9 Å². The summed E-state index contributed by atoms with van der Waals surface area (Å²) >= 11 is 0. The van der Waals surface area contributed by atoms with Crippen LogP contribution in [0, 0.1) is 17.0 Å². The van der Waals surface area contributed by atoms with Crippen molar-refractivity contribution in [1.29, 1.82) is 0 Å². The first-order chi connectivity index (χ1) is 17.5. The molecule has 2 rings (SSSR count). The SMILES string of the molecule is Cc1cc([N+](=O)[O-])ccc1N=Nc1ccc(OCCCCCCCCCCN(CCO)CCO)cc1. The number of hydrogen-bond acceptors (Lipinski definition) is 8. The molecular weight excluding hydrogens is 460 g/mol. The fourth-order valence-electron chi connectivity index (χ4n) is 3.89. The Morgan fingerprint density at radius 2 is 1.44 bits per heavy atom. The molecule has 0 saturated carbocycles. The molecular formula is C27H40N4O5. The van der Waals surface area contributed by atoms with Crippen molar-refractivity contribution < 1.29 is 19.9 Å². The highest BCUT2D eigenvalue weighted by atomic mass is 16.6. The van der Waals surface area contributed by atoms with Gasteiger partial charge < -0.3 is 14.9 Å². The molecule has 2 aromatic rings. The van der Waals surface area contributed by atoms with E-state index in [0.29, 0.717) is 36.6 Å². The lowest BCUT2D eigenvalue weighted by Crippen LogP contribution is -2.30. The number of aryl methyl sites for hydroxylation is 1. The summed E-state index contributed by atoms with van der Waals surface area (Å²) < 4.78 is 5.82. The zero-order valence-corrected chi connectivity index (χ0v) is 21.3. The van der Waals surface area contributed by atoms with Crippen LogP contribution in [-0.2, 0) is 0 Å². The van der Waals surface area contributed by atoms with Gasteiger partial charge in [-0.05, 0) is 62.2 Å². The number of ether oxygens (including phenoxy) is 1. The van der Waals surface area contributed by atoms with Gasteiger partial charge in [0, 0.05) is 25.2 Å². The second-order valence-electron chi connectivity index (χ2n) is 8.89. The quantitative estimate of drug-likeness (QED) is 0.104. The van der Waals surface area contributed by atoms with Crippen molar-refractivity contribution in [2.24, 2.45) is 10.2 Å². The van der Waals surface area contributed by atoms with Crippen LogP contribution in [0.2, 0.25) is 0 Å². The molecule has 198 valence electrons. The largest absolute Gasteiger partial charge is 0.494 e. The monoisotopic (exact) mass is 500 g/mol. The summed E-state index contributed by atoms with van der Waals surface area (Å²) in [4.78, 5) is 12.5. The van der Waals surface area contributed by atoms with Crippen molar-refractivity contribution in [2.75, 3.05) is 39.5 Å². The number of non-ortho nitro benzene ring substituents is 1. The Labute approximate surface area is 214 Å². The van der Waals surface area contributed by atoms with E-state index in [9.17, 15) is 10.1 Å². The number of rotatable bonds is 19. The Morgan fingerprint density at radius 1 is 0.833 bits per heavy atom. The van der Waals surface area contributed by atoms with Gasteiger partial charge >= 0.3 is 0 Å². The van der Waals surface area contributed by atoms with Gasteiger partial charge in [0.05, 0.1) is 36.1 Å². The zero-order valence-electron chi connectivity index (χ0n) is 21.3. The van der Waals surface area contributed by atoms with Crippen molar-refractivity contribution >= 4 is 17.1 Å². The van der Waals surface area contributed by atoms with Gasteiger partial charge in [0.2, 0.25) is 0 Å². The molecule has 0 aliphatic rings. The molecule has 0 spiro atoms. The van der Waals surface area contributed by atoms with E-state index < -0.39 is 4.92 Å². The minimum Gasteiger partial charge on any atom is -0.494 e. The molecule has 2 aromatic carbocycles. The van der Waals surface area contributed by atoms with E-state index in [4.69, 9.17) is 14.9 Å². The van der Waals surface area contributed by atoms with Crippen LogP contribution < -0.4 is 4.74 Å². The molecule has 36 heavy (non-hydrogen) atoms. The fraction of sp³-hybridized carbons (Fsp3) is 0.556. The Hall–Kier alpha value is -2.88. The molecule has 0 saturated heterocycles. The molecule has 9 heteroatoms. The minimum absolute atomic E-state index is 0.0428. The molecule has 0 fully saturated rings. The summed E-state index contributed by atoms with van der Waals surface area (Å²) in [7, 11) is 0. The lowest BCUT2D eigenvalue weighted by molar-refractivity contribution is -0.384. The van der Waals surface area contributed by atoms with Crippen LogP contribution in [0.25, 0.3) is 0 Å². The first-order valence-corrected chi connectivity index (χ1v) is 12.9. The third kappa shape index (κ3) is 11.7. The summed E-state index contributed by atoms with van der Waals surface area (Å²) in [5.41, 5.74) is 2.03. The maximum absolute atomic E-state index is 10.8. The molecule has 0 aliphatic carbocycles. The predicted molar refractivity (Wildman–Crippen MR) is 141 cm³/mol. The van der Waals surface area contributed by atoms with Crippen molar-refractivity contribution in [3.8, 4) is 5.75 Å². The summed E-state index contributed by atoms with van der Waals surface area (Å²) in [5.74, 6) is 0.803. The smallest absolute Gasteiger partial charge is 0.269 e. The normalized spacial score (nSPS) is 11.4. The molecule has 2 N–H and O–H groups in total. The minimum atomic E-state index is -0.424. The average Bonchev–Trinajstić information content (AvgIpc) is 2.87. The van der Waals surface area contributed by atoms with E-state index in [1.54, 1.807) is 13.0 Å². The summed E-state index contributed by atoms with van der Waals surface area (Å²) in [6.07, 6.45) is 9.42. The highest BCUT2D eigenvalue weighted by Gasteiger charge is 2.07. The molecule has 9 nitrogen and oxygen atoms in total. The van der Waals surface area contributed by atoms with Crippen LogP contribution in [0.15, 0.2) is 52.7 Å². The Bertz CT molecular complexity index is 915. The summed E-state index contributed by atoms with van der Waals surface area (Å²) in [6.45, 7) is 4.98. The number of nitro groups is 1. The third-order valence-corrected chi connectivity index (χ3v) is 5.97. The van der Waals surface area contributed by atoms with Crippen molar-refractivity contribution in [3.63, 3.8) is 0 Å². The fourth-order valence-corrected chi connectivity index (χ4v) is 3.89. The number of aliphatic hydroxyl groups is 2. The average molecular weight is 501 g/mol. The van der Waals surface area contributed by atoms with Gasteiger partial charge in [0.15, 0.2) is 0 Å². The summed E-state index contributed by atoms with van der Waals surface area (Å²) in [5, 5.41) is 37.3. The first-order valence-electron chi connectivity index (χ1n) is 12.9. The lowest BCUT2D eigenvalue weighted by atomic mass is 10.1. The van der Waals surface area contributed by atoms with Gasteiger partial charge in [0.1, 0.15) is 5.75 Å². The molecule has 0 aromatic heterocycles. The van der Waals surface area contributed by atoms with Crippen LogP contribution in [-0.4, -0.2) is 59.5 Å². The molecule has 0 heterocycles. The second kappa shape index (κ2) is 17.5. The lowest BCUT2D eigenvalue weighted by Gasteiger charge is -2.19. The Kier molecular flexibility index (Phi) is 14.3. The predicted octanol–water partition coefficient (Wildman–Crippen LogP) is 6.10. The number of nitro benzene ring substituents is 1. The topological polar surface area (TPSA) is 121 Å². The van der Waals surface area contributed by atoms with Gasteiger partial charge in [-0.25, -0.2) is 0 Å². The van der Waals surface area contributed by atoms with E-state index in [1.807, 2.05) is 24.3 Å². The highest BCUT2D eigenvalue weighted by molar-refractivity contribution is 5.51. The second-order valence-corrected chi connectivity index (χ2v) is 8.89. The number of unbranched alkanes of at least 4 members (excludes halogenated alkanes) is 7. The molecule has 0 bridgehead atoms. The number of aliphatic hydroxyl groups excluding tert-OH is 2.